The van der Waals surface area contributed by atoms with Gasteiger partial charge in [0.25, 0.3) is 5.91 Å². The van der Waals surface area contributed by atoms with Crippen LogP contribution in [0.1, 0.15) is 33.0 Å². The van der Waals surface area contributed by atoms with Gasteiger partial charge in [-0.2, -0.15) is 0 Å². The molecule has 6 nitrogen and oxygen atoms in total. The highest BCUT2D eigenvalue weighted by atomic mass is 32.1. The third kappa shape index (κ3) is 5.25. The van der Waals surface area contributed by atoms with E-state index in [1.54, 1.807) is 13.2 Å². The molecule has 0 radical (unpaired) electrons. The molecule has 0 aliphatic carbocycles. The van der Waals surface area contributed by atoms with Gasteiger partial charge in [-0.25, -0.2) is 0 Å². The number of carbonyl (C=O) groups excluding carboxylic acids is 1. The van der Waals surface area contributed by atoms with Gasteiger partial charge in [0.05, 0.1) is 12.0 Å². The minimum Gasteiger partial charge on any atom is -0.493 e. The summed E-state index contributed by atoms with van der Waals surface area (Å²) in [5.74, 6) is 1.09. The van der Waals surface area contributed by atoms with Gasteiger partial charge in [-0.05, 0) is 63.0 Å². The van der Waals surface area contributed by atoms with Crippen molar-refractivity contribution < 1.29 is 19.4 Å². The van der Waals surface area contributed by atoms with Crippen LogP contribution in [-0.4, -0.2) is 55.9 Å². The quantitative estimate of drug-likeness (QED) is 0.671. The fourth-order valence-electron chi connectivity index (χ4n) is 3.41. The maximum atomic E-state index is 12.7. The second-order valence-electron chi connectivity index (χ2n) is 6.90. The fourth-order valence-corrected chi connectivity index (χ4v) is 4.37. The van der Waals surface area contributed by atoms with Crippen LogP contribution in [-0.2, 0) is 6.42 Å². The number of benzene rings is 1. The number of hydrogen-bond acceptors (Lipinski definition) is 6. The molecule has 2 aromatic rings. The lowest BCUT2D eigenvalue weighted by atomic mass is 10.1. The molecule has 1 amide bonds. The van der Waals surface area contributed by atoms with Crippen LogP contribution in [0.5, 0.6) is 11.5 Å². The Morgan fingerprint density at radius 1 is 1.25 bits per heavy atom. The first-order valence-corrected chi connectivity index (χ1v) is 10.5. The number of nitrogens with one attached hydrogen (secondary N) is 1. The van der Waals surface area contributed by atoms with E-state index in [9.17, 15) is 9.90 Å². The van der Waals surface area contributed by atoms with E-state index >= 15 is 0 Å². The van der Waals surface area contributed by atoms with Crippen LogP contribution in [0.15, 0.2) is 24.3 Å². The Balaban J connectivity index is 1.63. The van der Waals surface area contributed by atoms with Crippen molar-refractivity contribution in [3.05, 3.63) is 39.6 Å². The van der Waals surface area contributed by atoms with Gasteiger partial charge >= 0.3 is 0 Å². The molecule has 0 saturated carbocycles. The molecule has 3 rings (SSSR count). The van der Waals surface area contributed by atoms with E-state index in [1.165, 1.54) is 24.2 Å². The Kier molecular flexibility index (Phi) is 7.30. The standard InChI is InChI=1S/C21H28N2O4S/c1-15-13-16(7-11-24)20(28-15)21(25)22-17-5-6-18(19(14-17)26-2)27-12-10-23-8-3-4-9-23/h5-6,13-14,24H,3-4,7-12H2,1-2H3,(H,22,25). The molecule has 0 spiro atoms. The number of ether oxygens (including phenoxy) is 2. The van der Waals surface area contributed by atoms with Crippen molar-refractivity contribution >= 4 is 22.9 Å². The second kappa shape index (κ2) is 9.91. The Hall–Kier alpha value is -2.09. The topological polar surface area (TPSA) is 71.0 Å². The van der Waals surface area contributed by atoms with Gasteiger partial charge in [0.15, 0.2) is 11.5 Å². The van der Waals surface area contributed by atoms with Gasteiger partial charge in [0.2, 0.25) is 0 Å². The van der Waals surface area contributed by atoms with Crippen LogP contribution < -0.4 is 14.8 Å². The Morgan fingerprint density at radius 2 is 2.04 bits per heavy atom. The zero-order valence-corrected chi connectivity index (χ0v) is 17.3. The number of rotatable bonds is 9. The summed E-state index contributed by atoms with van der Waals surface area (Å²) in [4.78, 5) is 16.7. The summed E-state index contributed by atoms with van der Waals surface area (Å²) in [6.45, 7) is 5.79. The molecule has 0 unspecified atom stereocenters. The summed E-state index contributed by atoms with van der Waals surface area (Å²) in [6.07, 6.45) is 3.00. The average molecular weight is 405 g/mol. The molecule has 7 heteroatoms. The largest absolute Gasteiger partial charge is 0.493 e. The predicted octanol–water partition coefficient (Wildman–Crippen LogP) is 3.33. The first kappa shape index (κ1) is 20.6. The molecule has 1 aromatic carbocycles. The number of aryl methyl sites for hydroxylation is 1. The molecule has 28 heavy (non-hydrogen) atoms. The number of anilines is 1. The molecule has 1 fully saturated rings. The Labute approximate surface area is 170 Å². The van der Waals surface area contributed by atoms with Crippen LogP contribution in [0.2, 0.25) is 0 Å². The first-order valence-electron chi connectivity index (χ1n) is 9.65. The molecule has 152 valence electrons. The summed E-state index contributed by atoms with van der Waals surface area (Å²) in [5, 5.41) is 12.1. The molecular formula is C21H28N2O4S. The predicted molar refractivity (Wildman–Crippen MR) is 112 cm³/mol. The number of aliphatic hydroxyl groups is 1. The number of likely N-dealkylation sites (tertiary alicyclic amines) is 1. The van der Waals surface area contributed by atoms with Crippen molar-refractivity contribution in [2.45, 2.75) is 26.2 Å². The highest BCUT2D eigenvalue weighted by Gasteiger charge is 2.16. The van der Waals surface area contributed by atoms with E-state index in [2.05, 4.69) is 10.2 Å². The van der Waals surface area contributed by atoms with Crippen LogP contribution in [0, 0.1) is 6.92 Å². The van der Waals surface area contributed by atoms with Gasteiger partial charge in [-0.15, -0.1) is 11.3 Å². The zero-order chi connectivity index (χ0) is 19.9. The third-order valence-corrected chi connectivity index (χ3v) is 5.90. The van der Waals surface area contributed by atoms with E-state index < -0.39 is 0 Å². The maximum absolute atomic E-state index is 12.7. The highest BCUT2D eigenvalue weighted by molar-refractivity contribution is 7.14. The summed E-state index contributed by atoms with van der Waals surface area (Å²) in [5.41, 5.74) is 1.52. The van der Waals surface area contributed by atoms with Gasteiger partial charge in [0, 0.05) is 29.8 Å². The number of aliphatic hydroxyl groups excluding tert-OH is 1. The van der Waals surface area contributed by atoms with Gasteiger partial charge < -0.3 is 19.9 Å². The van der Waals surface area contributed by atoms with E-state index in [0.717, 1.165) is 30.1 Å². The first-order chi connectivity index (χ1) is 13.6. The highest BCUT2D eigenvalue weighted by Crippen LogP contribution is 2.31. The molecule has 1 aliphatic rings. The molecule has 2 heterocycles. The lowest BCUT2D eigenvalue weighted by molar-refractivity contribution is 0.102. The van der Waals surface area contributed by atoms with Crippen LogP contribution in [0.3, 0.4) is 0 Å². The summed E-state index contributed by atoms with van der Waals surface area (Å²) < 4.78 is 11.3. The Bertz CT molecular complexity index is 800. The molecule has 1 aromatic heterocycles. The van der Waals surface area contributed by atoms with Gasteiger partial charge in [-0.1, -0.05) is 0 Å². The summed E-state index contributed by atoms with van der Waals surface area (Å²) in [6, 6.07) is 7.37. The number of amides is 1. The van der Waals surface area contributed by atoms with E-state index in [-0.39, 0.29) is 12.5 Å². The minimum absolute atomic E-state index is 0.0216. The van der Waals surface area contributed by atoms with Crippen molar-refractivity contribution in [1.82, 2.24) is 4.90 Å². The molecule has 1 saturated heterocycles. The van der Waals surface area contributed by atoms with Crippen molar-refractivity contribution in [2.24, 2.45) is 0 Å². The van der Waals surface area contributed by atoms with Crippen LogP contribution >= 0.6 is 11.3 Å². The number of nitrogens with zero attached hydrogens (tertiary/aromatic N) is 1. The van der Waals surface area contributed by atoms with Crippen molar-refractivity contribution in [2.75, 3.05) is 45.3 Å². The second-order valence-corrected chi connectivity index (χ2v) is 8.16. The normalized spacial score (nSPS) is 14.2. The smallest absolute Gasteiger partial charge is 0.266 e. The van der Waals surface area contributed by atoms with E-state index in [1.807, 2.05) is 25.1 Å². The lowest BCUT2D eigenvalue weighted by Crippen LogP contribution is -2.25. The van der Waals surface area contributed by atoms with Crippen LogP contribution in [0.25, 0.3) is 0 Å². The fraction of sp³-hybridized carbons (Fsp3) is 0.476. The third-order valence-electron chi connectivity index (χ3n) is 4.80. The molecule has 1 aliphatic heterocycles. The van der Waals surface area contributed by atoms with Crippen LogP contribution in [0.4, 0.5) is 5.69 Å². The monoisotopic (exact) mass is 404 g/mol. The van der Waals surface area contributed by atoms with Gasteiger partial charge in [0.1, 0.15) is 6.61 Å². The minimum atomic E-state index is -0.175. The molecule has 0 atom stereocenters. The number of hydrogen-bond donors (Lipinski definition) is 2. The zero-order valence-electron chi connectivity index (χ0n) is 16.5. The van der Waals surface area contributed by atoms with Crippen molar-refractivity contribution in [1.29, 1.82) is 0 Å². The number of methoxy groups -OCH3 is 1. The molecular weight excluding hydrogens is 376 g/mol. The number of thiophene rings is 1. The van der Waals surface area contributed by atoms with Gasteiger partial charge in [-0.3, -0.25) is 9.69 Å². The van der Waals surface area contributed by atoms with E-state index in [4.69, 9.17) is 9.47 Å². The number of carbonyl (C=O) groups is 1. The summed E-state index contributed by atoms with van der Waals surface area (Å²) >= 11 is 1.43. The van der Waals surface area contributed by atoms with Crippen molar-refractivity contribution in [3.63, 3.8) is 0 Å². The van der Waals surface area contributed by atoms with E-state index in [0.29, 0.717) is 35.1 Å². The molecule has 2 N–H and O–H groups in total. The molecule has 0 bridgehead atoms. The SMILES string of the molecule is COc1cc(NC(=O)c2sc(C)cc2CCO)ccc1OCCN1CCCC1. The maximum Gasteiger partial charge on any atom is 0.266 e. The average Bonchev–Trinajstić information content (AvgIpc) is 3.32. The summed E-state index contributed by atoms with van der Waals surface area (Å²) in [7, 11) is 1.59. The lowest BCUT2D eigenvalue weighted by Gasteiger charge is -2.16. The Morgan fingerprint density at radius 3 is 2.75 bits per heavy atom. The van der Waals surface area contributed by atoms with Crippen molar-refractivity contribution in [3.8, 4) is 11.5 Å².